The van der Waals surface area contributed by atoms with Gasteiger partial charge in [0.25, 0.3) is 5.91 Å². The second kappa shape index (κ2) is 8.74. The summed E-state index contributed by atoms with van der Waals surface area (Å²) in [6.07, 6.45) is 0. The van der Waals surface area contributed by atoms with Gasteiger partial charge in [0.2, 0.25) is 0 Å². The number of benzene rings is 3. The Morgan fingerprint density at radius 1 is 1.00 bits per heavy atom. The standard InChI is InChI=1S/C25H25BrN4O2/c1-14(2)17-6-8-19(9-7-17)30-28-22-11-15(3)21(13-23(22)29-30)27-25(31)20-12-18(26)10-16(4)24(20)32-5/h6-14H,1-5H3,(H,27,31). The van der Waals surface area contributed by atoms with Crippen molar-refractivity contribution in [1.29, 1.82) is 0 Å². The summed E-state index contributed by atoms with van der Waals surface area (Å²) in [5, 5.41) is 12.2. The van der Waals surface area contributed by atoms with E-state index in [0.717, 1.165) is 26.8 Å². The molecule has 0 aliphatic rings. The van der Waals surface area contributed by atoms with Crippen LogP contribution in [-0.2, 0) is 0 Å². The zero-order chi connectivity index (χ0) is 23.0. The molecule has 0 aliphatic carbocycles. The predicted molar refractivity (Wildman–Crippen MR) is 131 cm³/mol. The van der Waals surface area contributed by atoms with Gasteiger partial charge in [-0.3, -0.25) is 4.79 Å². The molecular formula is C25H25BrN4O2. The summed E-state index contributed by atoms with van der Waals surface area (Å²) in [7, 11) is 1.57. The fourth-order valence-electron chi connectivity index (χ4n) is 3.67. The normalized spacial score (nSPS) is 11.2. The van der Waals surface area contributed by atoms with Crippen molar-refractivity contribution in [2.75, 3.05) is 12.4 Å². The van der Waals surface area contributed by atoms with Gasteiger partial charge in [0, 0.05) is 10.2 Å². The van der Waals surface area contributed by atoms with E-state index in [0.29, 0.717) is 28.4 Å². The fourth-order valence-corrected chi connectivity index (χ4v) is 4.24. The SMILES string of the molecule is COc1c(C)cc(Br)cc1C(=O)Nc1cc2nn(-c3ccc(C(C)C)cc3)nc2cc1C. The van der Waals surface area contributed by atoms with Gasteiger partial charge in [-0.2, -0.15) is 4.80 Å². The van der Waals surface area contributed by atoms with E-state index in [4.69, 9.17) is 4.74 Å². The van der Waals surface area contributed by atoms with Gasteiger partial charge in [-0.25, -0.2) is 0 Å². The molecule has 0 saturated carbocycles. The monoisotopic (exact) mass is 492 g/mol. The summed E-state index contributed by atoms with van der Waals surface area (Å²) < 4.78 is 6.28. The lowest BCUT2D eigenvalue weighted by molar-refractivity contribution is 0.102. The van der Waals surface area contributed by atoms with E-state index >= 15 is 0 Å². The van der Waals surface area contributed by atoms with Crippen LogP contribution >= 0.6 is 15.9 Å². The van der Waals surface area contributed by atoms with Crippen molar-refractivity contribution in [2.45, 2.75) is 33.6 Å². The van der Waals surface area contributed by atoms with Crippen LogP contribution in [0.3, 0.4) is 0 Å². The molecule has 1 heterocycles. The molecule has 7 heteroatoms. The minimum absolute atomic E-state index is 0.245. The second-order valence-electron chi connectivity index (χ2n) is 8.15. The highest BCUT2D eigenvalue weighted by Crippen LogP contribution is 2.30. The first kappa shape index (κ1) is 22.0. The van der Waals surface area contributed by atoms with E-state index in [2.05, 4.69) is 57.4 Å². The molecule has 0 radical (unpaired) electrons. The summed E-state index contributed by atoms with van der Waals surface area (Å²) in [4.78, 5) is 14.7. The van der Waals surface area contributed by atoms with Crippen LogP contribution in [0, 0.1) is 13.8 Å². The molecule has 0 atom stereocenters. The lowest BCUT2D eigenvalue weighted by Gasteiger charge is -2.13. The maximum Gasteiger partial charge on any atom is 0.259 e. The van der Waals surface area contributed by atoms with E-state index in [1.165, 1.54) is 5.56 Å². The van der Waals surface area contributed by atoms with E-state index in [-0.39, 0.29) is 5.91 Å². The van der Waals surface area contributed by atoms with Gasteiger partial charge in [-0.15, -0.1) is 10.2 Å². The number of anilines is 1. The molecule has 164 valence electrons. The number of aromatic nitrogens is 3. The number of halogens is 1. The topological polar surface area (TPSA) is 69.0 Å². The van der Waals surface area contributed by atoms with Crippen molar-refractivity contribution in [3.63, 3.8) is 0 Å². The van der Waals surface area contributed by atoms with E-state index < -0.39 is 0 Å². The number of carbonyl (C=O) groups is 1. The van der Waals surface area contributed by atoms with Gasteiger partial charge in [0.15, 0.2) is 0 Å². The number of aryl methyl sites for hydroxylation is 2. The first-order valence-corrected chi connectivity index (χ1v) is 11.2. The highest BCUT2D eigenvalue weighted by Gasteiger charge is 2.17. The number of hydrogen-bond donors (Lipinski definition) is 1. The maximum absolute atomic E-state index is 13.0. The molecule has 1 N–H and O–H groups in total. The number of nitrogens with zero attached hydrogens (tertiary/aromatic N) is 3. The third-order valence-corrected chi connectivity index (χ3v) is 5.91. The van der Waals surface area contributed by atoms with Gasteiger partial charge < -0.3 is 10.1 Å². The van der Waals surface area contributed by atoms with Crippen LogP contribution in [0.15, 0.2) is 53.0 Å². The van der Waals surface area contributed by atoms with Crippen molar-refractivity contribution in [2.24, 2.45) is 0 Å². The smallest absolute Gasteiger partial charge is 0.259 e. The third-order valence-electron chi connectivity index (χ3n) is 5.45. The van der Waals surface area contributed by atoms with Crippen LogP contribution in [0.25, 0.3) is 16.7 Å². The molecule has 3 aromatic carbocycles. The van der Waals surface area contributed by atoms with Gasteiger partial charge in [-0.1, -0.05) is 41.9 Å². The maximum atomic E-state index is 13.0. The first-order chi connectivity index (χ1) is 15.3. The van der Waals surface area contributed by atoms with Crippen LogP contribution in [-0.4, -0.2) is 28.0 Å². The number of amides is 1. The predicted octanol–water partition coefficient (Wildman–Crippen LogP) is 6.18. The Bertz CT molecular complexity index is 1310. The van der Waals surface area contributed by atoms with E-state index in [9.17, 15) is 4.79 Å². The summed E-state index contributed by atoms with van der Waals surface area (Å²) in [6, 6.07) is 15.7. The minimum atomic E-state index is -0.245. The zero-order valence-electron chi connectivity index (χ0n) is 18.7. The molecule has 0 spiro atoms. The molecule has 4 aromatic rings. The van der Waals surface area contributed by atoms with Crippen LogP contribution in [0.1, 0.15) is 46.8 Å². The lowest BCUT2D eigenvalue weighted by Crippen LogP contribution is -2.14. The molecule has 0 saturated heterocycles. The number of carbonyl (C=O) groups excluding carboxylic acids is 1. The molecule has 32 heavy (non-hydrogen) atoms. The van der Waals surface area contributed by atoms with Crippen molar-refractivity contribution < 1.29 is 9.53 Å². The number of hydrogen-bond acceptors (Lipinski definition) is 4. The minimum Gasteiger partial charge on any atom is -0.496 e. The molecule has 4 rings (SSSR count). The molecule has 0 unspecified atom stereocenters. The molecule has 1 amide bonds. The van der Waals surface area contributed by atoms with Gasteiger partial charge >= 0.3 is 0 Å². The Labute approximate surface area is 195 Å². The first-order valence-electron chi connectivity index (χ1n) is 10.4. The average molecular weight is 493 g/mol. The van der Waals surface area contributed by atoms with E-state index in [1.807, 2.05) is 44.2 Å². The number of fused-ring (bicyclic) bond motifs is 1. The Hall–Kier alpha value is -3.19. The highest BCUT2D eigenvalue weighted by molar-refractivity contribution is 9.10. The lowest BCUT2D eigenvalue weighted by atomic mass is 10.0. The molecule has 0 fully saturated rings. The third kappa shape index (κ3) is 4.25. The average Bonchev–Trinajstić information content (AvgIpc) is 3.16. The van der Waals surface area contributed by atoms with Crippen LogP contribution in [0.2, 0.25) is 0 Å². The summed E-state index contributed by atoms with van der Waals surface area (Å²) in [6.45, 7) is 8.18. The fraction of sp³-hybridized carbons (Fsp3) is 0.240. The quantitative estimate of drug-likeness (QED) is 0.360. The number of nitrogens with one attached hydrogen (secondary N) is 1. The Balaban J connectivity index is 1.66. The van der Waals surface area contributed by atoms with Crippen LogP contribution in [0.4, 0.5) is 5.69 Å². The summed E-state index contributed by atoms with van der Waals surface area (Å²) in [5.41, 5.74) is 6.56. The summed E-state index contributed by atoms with van der Waals surface area (Å²) >= 11 is 3.46. The van der Waals surface area contributed by atoms with Gasteiger partial charge in [0.1, 0.15) is 16.8 Å². The summed E-state index contributed by atoms with van der Waals surface area (Å²) in [5.74, 6) is 0.778. The molecule has 0 bridgehead atoms. The Kier molecular flexibility index (Phi) is 6.02. The molecule has 0 aliphatic heterocycles. The van der Waals surface area contributed by atoms with Gasteiger partial charge in [-0.05, 0) is 72.9 Å². The zero-order valence-corrected chi connectivity index (χ0v) is 20.3. The Morgan fingerprint density at radius 2 is 1.66 bits per heavy atom. The largest absolute Gasteiger partial charge is 0.496 e. The van der Waals surface area contributed by atoms with Crippen molar-refractivity contribution >= 4 is 38.6 Å². The molecular weight excluding hydrogens is 468 g/mol. The van der Waals surface area contributed by atoms with E-state index in [1.54, 1.807) is 18.0 Å². The Morgan fingerprint density at radius 3 is 2.28 bits per heavy atom. The van der Waals surface area contributed by atoms with Crippen molar-refractivity contribution in [3.8, 4) is 11.4 Å². The second-order valence-corrected chi connectivity index (χ2v) is 9.06. The van der Waals surface area contributed by atoms with Crippen molar-refractivity contribution in [3.05, 3.63) is 75.3 Å². The van der Waals surface area contributed by atoms with Crippen molar-refractivity contribution in [1.82, 2.24) is 15.0 Å². The van der Waals surface area contributed by atoms with Crippen LogP contribution < -0.4 is 10.1 Å². The number of methoxy groups -OCH3 is 1. The number of ether oxygens (including phenoxy) is 1. The van der Waals surface area contributed by atoms with Gasteiger partial charge in [0.05, 0.1) is 18.4 Å². The number of rotatable bonds is 5. The highest BCUT2D eigenvalue weighted by atomic mass is 79.9. The molecule has 6 nitrogen and oxygen atoms in total. The molecule has 1 aromatic heterocycles. The van der Waals surface area contributed by atoms with Crippen LogP contribution in [0.5, 0.6) is 5.75 Å².